The number of unbranched alkanes of at least 4 members (excludes halogenated alkanes) is 1. The van der Waals surface area contributed by atoms with Crippen molar-refractivity contribution in [2.75, 3.05) is 66.1 Å². The van der Waals surface area contributed by atoms with Gasteiger partial charge < -0.3 is 33.5 Å². The van der Waals surface area contributed by atoms with Crippen LogP contribution in [0.2, 0.25) is 0 Å². The van der Waals surface area contributed by atoms with Crippen LogP contribution in [0.1, 0.15) is 43.0 Å². The number of terminal acetylenes is 1. The highest BCUT2D eigenvalue weighted by molar-refractivity contribution is 6.15. The monoisotopic (exact) mass is 904 g/mol. The zero-order chi connectivity index (χ0) is 47.6. The minimum Gasteiger partial charge on any atom is -0.490 e. The van der Waals surface area contributed by atoms with Gasteiger partial charge in [-0.05, 0) is 118 Å². The van der Waals surface area contributed by atoms with Gasteiger partial charge in [0.25, 0.3) is 0 Å². The van der Waals surface area contributed by atoms with Crippen LogP contribution in [0, 0.1) is 59.7 Å². The lowest BCUT2D eigenvalue weighted by Crippen LogP contribution is -2.15. The predicted octanol–water partition coefficient (Wildman–Crippen LogP) is 10.3. The molecule has 68 heavy (non-hydrogen) atoms. The van der Waals surface area contributed by atoms with E-state index in [1.54, 1.807) is 6.92 Å². The first-order valence-electron chi connectivity index (χ1n) is 22.5. The van der Waals surface area contributed by atoms with Crippen molar-refractivity contribution in [3.8, 4) is 105 Å². The van der Waals surface area contributed by atoms with Crippen LogP contribution in [-0.4, -0.2) is 82.9 Å². The molecule has 6 aromatic carbocycles. The molecular formula is C59H52O9. The van der Waals surface area contributed by atoms with E-state index in [4.69, 9.17) is 40.0 Å². The van der Waals surface area contributed by atoms with Crippen LogP contribution in [0.3, 0.4) is 0 Å². The summed E-state index contributed by atoms with van der Waals surface area (Å²) in [6.07, 6.45) is 6.09. The van der Waals surface area contributed by atoms with Crippen LogP contribution in [0.5, 0.6) is 11.5 Å². The predicted molar refractivity (Wildman–Crippen MR) is 268 cm³/mol. The van der Waals surface area contributed by atoms with Gasteiger partial charge in [-0.15, -0.1) is 6.42 Å². The molecule has 9 heteroatoms. The molecular weight excluding hydrogens is 853 g/mol. The average molecular weight is 905 g/mol. The largest absolute Gasteiger partial charge is 0.490 e. The number of aliphatic carboxylic acids is 1. The fraction of sp³-hybridized carbons (Fsp3) is 0.254. The van der Waals surface area contributed by atoms with E-state index in [1.165, 1.54) is 0 Å². The molecule has 0 unspecified atom stereocenters. The van der Waals surface area contributed by atoms with Gasteiger partial charge in [-0.3, -0.25) is 9.59 Å². The molecule has 0 saturated carbocycles. The van der Waals surface area contributed by atoms with Gasteiger partial charge >= 0.3 is 5.97 Å². The summed E-state index contributed by atoms with van der Waals surface area (Å²) >= 11 is 0. The summed E-state index contributed by atoms with van der Waals surface area (Å²) in [7, 11) is 0. The molecule has 342 valence electrons. The highest BCUT2D eigenvalue weighted by Crippen LogP contribution is 2.52. The van der Waals surface area contributed by atoms with Crippen molar-refractivity contribution in [3.63, 3.8) is 0 Å². The van der Waals surface area contributed by atoms with Gasteiger partial charge in [0.15, 0.2) is 5.78 Å². The molecule has 0 amide bonds. The third-order valence-corrected chi connectivity index (χ3v) is 10.5. The number of carboxylic acids is 1. The number of ketones is 1. The second-order valence-corrected chi connectivity index (χ2v) is 15.1. The lowest BCUT2D eigenvalue weighted by atomic mass is 9.85. The van der Waals surface area contributed by atoms with Gasteiger partial charge in [0.2, 0.25) is 0 Å². The zero-order valence-corrected chi connectivity index (χ0v) is 38.2. The first-order chi connectivity index (χ1) is 33.5. The highest BCUT2D eigenvalue weighted by atomic mass is 16.6. The Bertz CT molecular complexity index is 2960. The van der Waals surface area contributed by atoms with E-state index >= 15 is 0 Å². The van der Waals surface area contributed by atoms with Crippen LogP contribution in [-0.2, 0) is 23.7 Å². The minimum absolute atomic E-state index is 0.0304. The van der Waals surface area contributed by atoms with Crippen molar-refractivity contribution in [2.45, 2.75) is 32.6 Å². The van der Waals surface area contributed by atoms with Crippen LogP contribution >= 0.6 is 0 Å². The molecule has 0 spiro atoms. The molecule has 0 fully saturated rings. The Kier molecular flexibility index (Phi) is 20.2. The quantitative estimate of drug-likeness (QED) is 0.0907. The second-order valence-electron chi connectivity index (χ2n) is 15.1. The average Bonchev–Trinajstić information content (AvgIpc) is 3.37. The van der Waals surface area contributed by atoms with E-state index in [2.05, 4.69) is 102 Å². The van der Waals surface area contributed by atoms with Crippen molar-refractivity contribution < 1.29 is 43.1 Å². The smallest absolute Gasteiger partial charge is 0.303 e. The summed E-state index contributed by atoms with van der Waals surface area (Å²) in [6, 6.07) is 38.7. The van der Waals surface area contributed by atoms with E-state index in [0.29, 0.717) is 82.8 Å². The number of ether oxygens (including phenoxy) is 6. The zero-order valence-electron chi connectivity index (χ0n) is 38.2. The second kappa shape index (κ2) is 27.6. The van der Waals surface area contributed by atoms with Crippen LogP contribution in [0.25, 0.3) is 54.9 Å². The lowest BCUT2D eigenvalue weighted by Gasteiger charge is -2.24. The first kappa shape index (κ1) is 49.6. The number of benzene rings is 6. The van der Waals surface area contributed by atoms with Gasteiger partial charge in [0.05, 0.1) is 52.9 Å². The van der Waals surface area contributed by atoms with Crippen molar-refractivity contribution in [2.24, 2.45) is 0 Å². The van der Waals surface area contributed by atoms with E-state index < -0.39 is 5.97 Å². The molecule has 9 nitrogen and oxygen atoms in total. The summed E-state index contributed by atoms with van der Waals surface area (Å²) in [5, 5.41) is 12.9. The van der Waals surface area contributed by atoms with Crippen molar-refractivity contribution in [1.82, 2.24) is 0 Å². The van der Waals surface area contributed by atoms with Crippen LogP contribution in [0.15, 0.2) is 115 Å². The highest BCUT2D eigenvalue weighted by Gasteiger charge is 2.26. The maximum atomic E-state index is 13.6. The number of rotatable bonds is 8. The van der Waals surface area contributed by atoms with E-state index in [9.17, 15) is 9.59 Å². The number of carboxylic acid groups (broad SMARTS) is 1. The van der Waals surface area contributed by atoms with Crippen LogP contribution < -0.4 is 9.47 Å². The third-order valence-electron chi connectivity index (χ3n) is 10.5. The Morgan fingerprint density at radius 2 is 0.971 bits per heavy atom. The molecule has 7 rings (SSSR count). The van der Waals surface area contributed by atoms with Crippen molar-refractivity contribution in [3.05, 3.63) is 121 Å². The first-order valence-corrected chi connectivity index (χ1v) is 22.5. The number of hydrogen-bond donors (Lipinski definition) is 1. The number of Topliss-reactive ketones (excluding diaryl/α,β-unsaturated/α-hetero) is 1. The summed E-state index contributed by atoms with van der Waals surface area (Å²) in [4.78, 5) is 24.7. The Balaban J connectivity index is 0.000000616. The van der Waals surface area contributed by atoms with E-state index in [0.717, 1.165) is 54.9 Å². The molecule has 0 radical (unpaired) electrons. The van der Waals surface area contributed by atoms with Gasteiger partial charge in [-0.25, -0.2) is 0 Å². The fourth-order valence-electron chi connectivity index (χ4n) is 7.48. The molecule has 6 aromatic rings. The number of carbonyl (C=O) groups excluding carboxylic acids is 1. The SMILES string of the molecule is C#CC#CC#CC#CC#CC.O=C(O)CCCCC(=O)c1ccc2c3c(c(-c4ccccc4)cc2c1)OCCOCCOCCOCCOCCOc1c(-c2ccccc2)cc2ccccc2c1-3. The summed E-state index contributed by atoms with van der Waals surface area (Å²) in [5.41, 5.74) is 6.01. The van der Waals surface area contributed by atoms with Crippen LogP contribution in [0.4, 0.5) is 0 Å². The number of fused-ring (bicyclic) bond motifs is 7. The Hall–Kier alpha value is -7.78. The third kappa shape index (κ3) is 14.6. The van der Waals surface area contributed by atoms with Gasteiger partial charge in [-0.2, -0.15) is 0 Å². The van der Waals surface area contributed by atoms with E-state index in [1.807, 2.05) is 66.7 Å². The standard InChI is InChI=1S/C48H48O9.C11H4/c49-43(17-9-10-18-44(50)51)37-19-20-40-38(31-37)33-42(35-13-5-2-6-14-35)48-46(40)45-39-16-8-7-15-36(39)32-41(34-11-3-1-4-12-34)47(45)56-29-27-54-25-23-52-21-22-53-24-26-55-28-30-57-48;1-3-5-7-9-11-10-8-6-4-2/h1-8,11-16,19-20,31-33H,9-10,17-18,21-30H2,(H,50,51);1H,2H3. The number of hydrogen-bond acceptors (Lipinski definition) is 8. The molecule has 0 bridgehead atoms. The minimum atomic E-state index is -0.859. The molecule has 0 atom stereocenters. The van der Waals surface area contributed by atoms with Crippen molar-refractivity contribution in [1.29, 1.82) is 0 Å². The maximum absolute atomic E-state index is 13.6. The number of carbonyl (C=O) groups is 2. The Morgan fingerprint density at radius 1 is 0.515 bits per heavy atom. The summed E-state index contributed by atoms with van der Waals surface area (Å²) in [6.45, 7) is 5.62. The molecule has 1 N–H and O–H groups in total. The summed E-state index contributed by atoms with van der Waals surface area (Å²) in [5.74, 6) is 22.4. The molecule has 1 heterocycles. The Morgan fingerprint density at radius 3 is 1.50 bits per heavy atom. The van der Waals surface area contributed by atoms with Gasteiger partial charge in [-0.1, -0.05) is 103 Å². The van der Waals surface area contributed by atoms with E-state index in [-0.39, 0.29) is 31.8 Å². The van der Waals surface area contributed by atoms with Gasteiger partial charge in [0, 0.05) is 40.7 Å². The molecule has 0 aromatic heterocycles. The molecule has 1 aliphatic heterocycles. The normalized spacial score (nSPS) is 13.0. The maximum Gasteiger partial charge on any atom is 0.303 e. The van der Waals surface area contributed by atoms with Crippen molar-refractivity contribution >= 4 is 33.3 Å². The molecule has 0 saturated heterocycles. The summed E-state index contributed by atoms with van der Waals surface area (Å²) < 4.78 is 37.1. The topological polar surface area (TPSA) is 110 Å². The Labute approximate surface area is 399 Å². The fourth-order valence-corrected chi connectivity index (χ4v) is 7.48. The lowest BCUT2D eigenvalue weighted by molar-refractivity contribution is -0.137. The molecule has 1 aliphatic rings. The van der Waals surface area contributed by atoms with Gasteiger partial charge in [0.1, 0.15) is 24.7 Å². The molecule has 0 aliphatic carbocycles.